The zero-order valence-electron chi connectivity index (χ0n) is 14.9. The summed E-state index contributed by atoms with van der Waals surface area (Å²) < 4.78 is 5.19. The molecular weight excluding hydrogens is 330 g/mol. The molecular formula is C20H23N3O3. The third-order valence-corrected chi connectivity index (χ3v) is 4.41. The van der Waals surface area contributed by atoms with Gasteiger partial charge >= 0.3 is 6.03 Å². The van der Waals surface area contributed by atoms with Crippen molar-refractivity contribution in [1.82, 2.24) is 9.80 Å². The van der Waals surface area contributed by atoms with Crippen LogP contribution in [-0.2, 0) is 0 Å². The second-order valence-corrected chi connectivity index (χ2v) is 6.16. The highest BCUT2D eigenvalue weighted by Gasteiger charge is 2.23. The molecule has 0 bridgehead atoms. The van der Waals surface area contributed by atoms with Gasteiger partial charge in [0.25, 0.3) is 5.91 Å². The van der Waals surface area contributed by atoms with Gasteiger partial charge in [-0.1, -0.05) is 24.3 Å². The molecule has 2 aromatic rings. The first-order valence-electron chi connectivity index (χ1n) is 8.71. The number of para-hydroxylation sites is 1. The van der Waals surface area contributed by atoms with Crippen molar-refractivity contribution in [3.8, 4) is 5.75 Å². The number of hydrogen-bond donors (Lipinski definition) is 1. The summed E-state index contributed by atoms with van der Waals surface area (Å²) in [5.74, 6) is 0.628. The lowest BCUT2D eigenvalue weighted by molar-refractivity contribution is 0.0762. The number of carbonyl (C=O) groups excluding carboxylic acids is 2. The second-order valence-electron chi connectivity index (χ2n) is 6.16. The molecule has 1 saturated heterocycles. The number of carbonyl (C=O) groups is 2. The first kappa shape index (κ1) is 17.8. The topological polar surface area (TPSA) is 61.9 Å². The number of nitrogens with zero attached hydrogens (tertiary/aromatic N) is 2. The fourth-order valence-corrected chi connectivity index (χ4v) is 2.99. The molecule has 0 aliphatic carbocycles. The second kappa shape index (κ2) is 8.38. The van der Waals surface area contributed by atoms with E-state index in [9.17, 15) is 9.59 Å². The van der Waals surface area contributed by atoms with E-state index in [1.54, 1.807) is 29.0 Å². The van der Waals surface area contributed by atoms with Gasteiger partial charge < -0.3 is 19.9 Å². The van der Waals surface area contributed by atoms with Crippen molar-refractivity contribution in [3.05, 3.63) is 60.2 Å². The van der Waals surface area contributed by atoms with E-state index in [-0.39, 0.29) is 11.9 Å². The summed E-state index contributed by atoms with van der Waals surface area (Å²) in [5, 5.41) is 2.90. The van der Waals surface area contributed by atoms with Gasteiger partial charge in [0.05, 0.1) is 7.11 Å². The van der Waals surface area contributed by atoms with Crippen molar-refractivity contribution in [2.75, 3.05) is 38.6 Å². The molecule has 0 unspecified atom stereocenters. The molecule has 0 atom stereocenters. The minimum Gasteiger partial charge on any atom is -0.497 e. The summed E-state index contributed by atoms with van der Waals surface area (Å²) in [6, 6.07) is 16.4. The number of methoxy groups -OCH3 is 1. The van der Waals surface area contributed by atoms with E-state index in [4.69, 9.17) is 4.74 Å². The molecule has 1 heterocycles. The standard InChI is InChI=1S/C20H23N3O3/c1-26-18-10-5-7-16(15-18)19(24)22-11-6-12-23(14-13-22)20(25)21-17-8-3-2-4-9-17/h2-5,7-10,15H,6,11-14H2,1H3,(H,21,25). The summed E-state index contributed by atoms with van der Waals surface area (Å²) in [5.41, 5.74) is 1.37. The number of urea groups is 1. The maximum Gasteiger partial charge on any atom is 0.321 e. The van der Waals surface area contributed by atoms with Gasteiger partial charge in [-0.25, -0.2) is 4.79 Å². The van der Waals surface area contributed by atoms with Gasteiger partial charge in [0.2, 0.25) is 0 Å². The molecule has 3 amide bonds. The van der Waals surface area contributed by atoms with Crippen molar-refractivity contribution >= 4 is 17.6 Å². The zero-order chi connectivity index (χ0) is 18.4. The minimum absolute atomic E-state index is 0.0331. The predicted molar refractivity (Wildman–Crippen MR) is 101 cm³/mol. The Labute approximate surface area is 153 Å². The van der Waals surface area contributed by atoms with Crippen LogP contribution in [0.5, 0.6) is 5.75 Å². The maximum absolute atomic E-state index is 12.7. The fourth-order valence-electron chi connectivity index (χ4n) is 2.99. The number of amides is 3. The van der Waals surface area contributed by atoms with Crippen LogP contribution in [0.4, 0.5) is 10.5 Å². The lowest BCUT2D eigenvalue weighted by Gasteiger charge is -2.22. The van der Waals surface area contributed by atoms with Crippen molar-refractivity contribution in [2.24, 2.45) is 0 Å². The molecule has 136 valence electrons. The molecule has 1 N–H and O–H groups in total. The molecule has 3 rings (SSSR count). The highest BCUT2D eigenvalue weighted by molar-refractivity contribution is 5.95. The number of anilines is 1. The monoisotopic (exact) mass is 353 g/mol. The SMILES string of the molecule is COc1cccc(C(=O)N2CCCN(C(=O)Nc3ccccc3)CC2)c1. The zero-order valence-corrected chi connectivity index (χ0v) is 14.9. The highest BCUT2D eigenvalue weighted by Crippen LogP contribution is 2.16. The lowest BCUT2D eigenvalue weighted by Crippen LogP contribution is -2.39. The number of ether oxygens (including phenoxy) is 1. The fraction of sp³-hybridized carbons (Fsp3) is 0.300. The van der Waals surface area contributed by atoms with Crippen molar-refractivity contribution in [2.45, 2.75) is 6.42 Å². The molecule has 2 aromatic carbocycles. The first-order chi connectivity index (χ1) is 12.7. The number of hydrogen-bond acceptors (Lipinski definition) is 3. The van der Waals surface area contributed by atoms with Gasteiger partial charge in [-0.2, -0.15) is 0 Å². The Kier molecular flexibility index (Phi) is 5.73. The van der Waals surface area contributed by atoms with E-state index >= 15 is 0 Å². The largest absolute Gasteiger partial charge is 0.497 e. The van der Waals surface area contributed by atoms with E-state index in [1.165, 1.54) is 0 Å². The Morgan fingerprint density at radius 3 is 2.42 bits per heavy atom. The number of nitrogens with one attached hydrogen (secondary N) is 1. The molecule has 6 heteroatoms. The molecule has 0 spiro atoms. The predicted octanol–water partition coefficient (Wildman–Crippen LogP) is 3.08. The van der Waals surface area contributed by atoms with Crippen molar-refractivity contribution in [1.29, 1.82) is 0 Å². The van der Waals surface area contributed by atoms with E-state index in [0.717, 1.165) is 12.1 Å². The Bertz CT molecular complexity index is 764. The van der Waals surface area contributed by atoms with Gasteiger partial charge in [-0.15, -0.1) is 0 Å². The summed E-state index contributed by atoms with van der Waals surface area (Å²) >= 11 is 0. The van der Waals surface area contributed by atoms with Crippen LogP contribution in [-0.4, -0.2) is 55.0 Å². The van der Waals surface area contributed by atoms with Crippen LogP contribution in [0.15, 0.2) is 54.6 Å². The van der Waals surface area contributed by atoms with Crippen LogP contribution in [0.1, 0.15) is 16.8 Å². The van der Waals surface area contributed by atoms with Gasteiger partial charge in [-0.05, 0) is 36.8 Å². The lowest BCUT2D eigenvalue weighted by atomic mass is 10.2. The third kappa shape index (κ3) is 4.33. The van der Waals surface area contributed by atoms with E-state index < -0.39 is 0 Å². The van der Waals surface area contributed by atoms with Crippen LogP contribution in [0.3, 0.4) is 0 Å². The van der Waals surface area contributed by atoms with Gasteiger partial charge in [-0.3, -0.25) is 4.79 Å². The molecule has 0 saturated carbocycles. The highest BCUT2D eigenvalue weighted by atomic mass is 16.5. The molecule has 1 aliphatic heterocycles. The van der Waals surface area contributed by atoms with Crippen LogP contribution in [0, 0.1) is 0 Å². The maximum atomic E-state index is 12.7. The van der Waals surface area contributed by atoms with Crippen LogP contribution in [0.25, 0.3) is 0 Å². The van der Waals surface area contributed by atoms with E-state index in [1.807, 2.05) is 42.5 Å². The Morgan fingerprint density at radius 2 is 1.65 bits per heavy atom. The summed E-state index contributed by atoms with van der Waals surface area (Å²) in [4.78, 5) is 28.7. The molecule has 26 heavy (non-hydrogen) atoms. The van der Waals surface area contributed by atoms with Gasteiger partial charge in [0.15, 0.2) is 0 Å². The van der Waals surface area contributed by atoms with Crippen LogP contribution < -0.4 is 10.1 Å². The molecule has 1 aliphatic rings. The third-order valence-electron chi connectivity index (χ3n) is 4.41. The molecule has 0 radical (unpaired) electrons. The Morgan fingerprint density at radius 1 is 0.923 bits per heavy atom. The molecule has 0 aromatic heterocycles. The molecule has 6 nitrogen and oxygen atoms in total. The quantitative estimate of drug-likeness (QED) is 0.922. The van der Waals surface area contributed by atoms with Gasteiger partial charge in [0, 0.05) is 37.4 Å². The Hall–Kier alpha value is -3.02. The van der Waals surface area contributed by atoms with E-state index in [0.29, 0.717) is 37.5 Å². The van der Waals surface area contributed by atoms with Crippen molar-refractivity contribution < 1.29 is 14.3 Å². The van der Waals surface area contributed by atoms with Crippen LogP contribution in [0.2, 0.25) is 0 Å². The number of benzene rings is 2. The Balaban J connectivity index is 1.60. The molecule has 1 fully saturated rings. The first-order valence-corrected chi connectivity index (χ1v) is 8.71. The summed E-state index contributed by atoms with van der Waals surface area (Å²) in [6.07, 6.45) is 0.748. The number of rotatable bonds is 3. The summed E-state index contributed by atoms with van der Waals surface area (Å²) in [6.45, 7) is 2.28. The van der Waals surface area contributed by atoms with Gasteiger partial charge in [0.1, 0.15) is 5.75 Å². The van der Waals surface area contributed by atoms with E-state index in [2.05, 4.69) is 5.32 Å². The smallest absolute Gasteiger partial charge is 0.321 e. The normalized spacial score (nSPS) is 14.5. The average Bonchev–Trinajstić information content (AvgIpc) is 2.94. The minimum atomic E-state index is -0.133. The van der Waals surface area contributed by atoms with Crippen LogP contribution >= 0.6 is 0 Å². The van der Waals surface area contributed by atoms with Crippen molar-refractivity contribution in [3.63, 3.8) is 0 Å². The summed E-state index contributed by atoms with van der Waals surface area (Å²) in [7, 11) is 1.58. The average molecular weight is 353 g/mol.